The van der Waals surface area contributed by atoms with Gasteiger partial charge in [0.1, 0.15) is 5.92 Å². The molecule has 84 valence electrons. The van der Waals surface area contributed by atoms with Gasteiger partial charge in [-0.1, -0.05) is 6.07 Å². The molecule has 0 saturated carbocycles. The van der Waals surface area contributed by atoms with Gasteiger partial charge in [-0.15, -0.1) is 0 Å². The van der Waals surface area contributed by atoms with Crippen LogP contribution in [0.3, 0.4) is 0 Å². The smallest absolute Gasteiger partial charge is 0.316 e. The highest BCUT2D eigenvalue weighted by Gasteiger charge is 2.31. The quantitative estimate of drug-likeness (QED) is 0.703. The standard InChI is InChI=1S/C12H13NO3/c1-6-3-8-5-9(12(15)16)11(14)13-10(8)4-7(6)2/h3-4,9H,5H2,1-2H3,(H,13,14)(H,15,16). The summed E-state index contributed by atoms with van der Waals surface area (Å²) in [5, 5.41) is 11.5. The largest absolute Gasteiger partial charge is 0.481 e. The van der Waals surface area contributed by atoms with Gasteiger partial charge >= 0.3 is 5.97 Å². The highest BCUT2D eigenvalue weighted by molar-refractivity contribution is 6.06. The molecule has 1 aliphatic rings. The number of carboxylic acid groups (broad SMARTS) is 1. The maximum atomic E-state index is 11.5. The van der Waals surface area contributed by atoms with Crippen molar-refractivity contribution in [3.63, 3.8) is 0 Å². The number of anilines is 1. The molecule has 2 N–H and O–H groups in total. The molecule has 1 atom stereocenters. The second kappa shape index (κ2) is 3.63. The minimum Gasteiger partial charge on any atom is -0.481 e. The van der Waals surface area contributed by atoms with Crippen LogP contribution in [0.1, 0.15) is 16.7 Å². The fraction of sp³-hybridized carbons (Fsp3) is 0.333. The van der Waals surface area contributed by atoms with Crippen molar-refractivity contribution >= 4 is 17.6 Å². The highest BCUT2D eigenvalue weighted by atomic mass is 16.4. The van der Waals surface area contributed by atoms with Crippen LogP contribution in [0.15, 0.2) is 12.1 Å². The molecule has 0 aliphatic carbocycles. The lowest BCUT2D eigenvalue weighted by atomic mass is 9.91. The Hall–Kier alpha value is -1.84. The second-order valence-corrected chi connectivity index (χ2v) is 4.18. The fourth-order valence-electron chi connectivity index (χ4n) is 1.89. The summed E-state index contributed by atoms with van der Waals surface area (Å²) >= 11 is 0. The summed E-state index contributed by atoms with van der Waals surface area (Å²) in [6.45, 7) is 3.94. The molecule has 1 unspecified atom stereocenters. The Labute approximate surface area is 93.3 Å². The normalized spacial score (nSPS) is 18.9. The Bertz CT molecular complexity index is 479. The molecule has 1 aromatic rings. The highest BCUT2D eigenvalue weighted by Crippen LogP contribution is 2.28. The molecule has 1 amide bonds. The van der Waals surface area contributed by atoms with Gasteiger partial charge in [0.05, 0.1) is 0 Å². The molecule has 0 spiro atoms. The first-order valence-corrected chi connectivity index (χ1v) is 5.13. The topological polar surface area (TPSA) is 66.4 Å². The number of carboxylic acids is 1. The van der Waals surface area contributed by atoms with E-state index in [0.717, 1.165) is 22.4 Å². The lowest BCUT2D eigenvalue weighted by Crippen LogP contribution is -2.35. The summed E-state index contributed by atoms with van der Waals surface area (Å²) in [6, 6.07) is 3.83. The number of benzene rings is 1. The third-order valence-corrected chi connectivity index (χ3v) is 3.02. The number of hydrogen-bond acceptors (Lipinski definition) is 2. The van der Waals surface area contributed by atoms with Crippen LogP contribution in [0.4, 0.5) is 5.69 Å². The molecule has 0 radical (unpaired) electrons. The third kappa shape index (κ3) is 1.66. The van der Waals surface area contributed by atoms with Gasteiger partial charge in [0.15, 0.2) is 0 Å². The zero-order valence-corrected chi connectivity index (χ0v) is 9.20. The Morgan fingerprint density at radius 1 is 1.38 bits per heavy atom. The molecule has 2 rings (SSSR count). The van der Waals surface area contributed by atoms with E-state index in [1.165, 1.54) is 0 Å². The van der Waals surface area contributed by atoms with Crippen LogP contribution in [0.25, 0.3) is 0 Å². The number of amides is 1. The summed E-state index contributed by atoms with van der Waals surface area (Å²) < 4.78 is 0. The van der Waals surface area contributed by atoms with Gasteiger partial charge in [0.25, 0.3) is 0 Å². The molecular formula is C12H13NO3. The summed E-state index contributed by atoms with van der Waals surface area (Å²) in [4.78, 5) is 22.4. The molecular weight excluding hydrogens is 206 g/mol. The van der Waals surface area contributed by atoms with Crippen molar-refractivity contribution in [1.29, 1.82) is 0 Å². The van der Waals surface area contributed by atoms with Gasteiger partial charge in [-0.2, -0.15) is 0 Å². The van der Waals surface area contributed by atoms with E-state index >= 15 is 0 Å². The van der Waals surface area contributed by atoms with Crippen molar-refractivity contribution in [2.24, 2.45) is 5.92 Å². The number of aliphatic carboxylic acids is 1. The van der Waals surface area contributed by atoms with E-state index in [9.17, 15) is 9.59 Å². The molecule has 0 saturated heterocycles. The molecule has 0 fully saturated rings. The molecule has 0 aromatic heterocycles. The Morgan fingerprint density at radius 3 is 2.62 bits per heavy atom. The number of aryl methyl sites for hydroxylation is 2. The van der Waals surface area contributed by atoms with Crippen molar-refractivity contribution in [1.82, 2.24) is 0 Å². The van der Waals surface area contributed by atoms with Gasteiger partial charge in [-0.3, -0.25) is 9.59 Å². The van der Waals surface area contributed by atoms with Crippen molar-refractivity contribution in [2.75, 3.05) is 5.32 Å². The van der Waals surface area contributed by atoms with Crippen molar-refractivity contribution < 1.29 is 14.7 Å². The van der Waals surface area contributed by atoms with E-state index in [-0.39, 0.29) is 6.42 Å². The van der Waals surface area contributed by atoms with Crippen LogP contribution in [0, 0.1) is 19.8 Å². The van der Waals surface area contributed by atoms with Crippen LogP contribution in [-0.2, 0) is 16.0 Å². The fourth-order valence-corrected chi connectivity index (χ4v) is 1.89. The first-order chi connectivity index (χ1) is 7.49. The zero-order chi connectivity index (χ0) is 11.9. The molecule has 1 aliphatic heterocycles. The Kier molecular flexibility index (Phi) is 2.42. The third-order valence-electron chi connectivity index (χ3n) is 3.02. The van der Waals surface area contributed by atoms with Gasteiger partial charge in [-0.25, -0.2) is 0 Å². The number of hydrogen-bond donors (Lipinski definition) is 2. The monoisotopic (exact) mass is 219 g/mol. The minimum absolute atomic E-state index is 0.275. The van der Waals surface area contributed by atoms with Gasteiger partial charge < -0.3 is 10.4 Å². The molecule has 4 nitrogen and oxygen atoms in total. The van der Waals surface area contributed by atoms with Crippen LogP contribution < -0.4 is 5.32 Å². The number of carbonyl (C=O) groups excluding carboxylic acids is 1. The van der Waals surface area contributed by atoms with E-state index < -0.39 is 17.8 Å². The summed E-state index contributed by atoms with van der Waals surface area (Å²) in [7, 11) is 0. The number of rotatable bonds is 1. The molecule has 16 heavy (non-hydrogen) atoms. The van der Waals surface area contributed by atoms with Crippen LogP contribution in [0.2, 0.25) is 0 Å². The van der Waals surface area contributed by atoms with E-state index in [1.54, 1.807) is 0 Å². The molecule has 1 aromatic carbocycles. The molecule has 4 heteroatoms. The molecule has 1 heterocycles. The zero-order valence-electron chi connectivity index (χ0n) is 9.20. The van der Waals surface area contributed by atoms with Crippen molar-refractivity contribution in [3.8, 4) is 0 Å². The van der Waals surface area contributed by atoms with E-state index in [0.29, 0.717) is 0 Å². The minimum atomic E-state index is -1.07. The first kappa shape index (κ1) is 10.7. The lowest BCUT2D eigenvalue weighted by Gasteiger charge is -2.23. The van der Waals surface area contributed by atoms with Gasteiger partial charge in [0, 0.05) is 5.69 Å². The van der Waals surface area contributed by atoms with Crippen LogP contribution in [-0.4, -0.2) is 17.0 Å². The van der Waals surface area contributed by atoms with Crippen molar-refractivity contribution in [3.05, 3.63) is 28.8 Å². The summed E-state index contributed by atoms with van der Waals surface area (Å²) in [5.41, 5.74) is 3.84. The number of fused-ring (bicyclic) bond motifs is 1. The van der Waals surface area contributed by atoms with Gasteiger partial charge in [0.2, 0.25) is 5.91 Å². The predicted molar refractivity (Wildman–Crippen MR) is 59.4 cm³/mol. The Morgan fingerprint density at radius 2 is 2.00 bits per heavy atom. The van der Waals surface area contributed by atoms with Crippen LogP contribution in [0.5, 0.6) is 0 Å². The van der Waals surface area contributed by atoms with E-state index in [2.05, 4.69) is 5.32 Å². The average Bonchev–Trinajstić information content (AvgIpc) is 2.19. The average molecular weight is 219 g/mol. The number of carbonyl (C=O) groups is 2. The second-order valence-electron chi connectivity index (χ2n) is 4.18. The number of nitrogens with one attached hydrogen (secondary N) is 1. The van der Waals surface area contributed by atoms with Crippen molar-refractivity contribution in [2.45, 2.75) is 20.3 Å². The lowest BCUT2D eigenvalue weighted by molar-refractivity contribution is -0.145. The Balaban J connectivity index is 2.43. The summed E-state index contributed by atoms with van der Waals surface area (Å²) in [5.74, 6) is -2.46. The van der Waals surface area contributed by atoms with Crippen LogP contribution >= 0.6 is 0 Å². The van der Waals surface area contributed by atoms with Gasteiger partial charge in [-0.05, 0) is 43.0 Å². The maximum absolute atomic E-state index is 11.5. The van der Waals surface area contributed by atoms with E-state index in [4.69, 9.17) is 5.11 Å². The summed E-state index contributed by atoms with van der Waals surface area (Å²) in [6.07, 6.45) is 0.275. The predicted octanol–water partition coefficient (Wildman–Crippen LogP) is 1.50. The molecule has 0 bridgehead atoms. The first-order valence-electron chi connectivity index (χ1n) is 5.13. The van der Waals surface area contributed by atoms with E-state index in [1.807, 2.05) is 26.0 Å². The maximum Gasteiger partial charge on any atom is 0.316 e. The SMILES string of the molecule is Cc1cc2c(cc1C)NC(=O)C(C(=O)O)C2.